The molecule has 0 aromatic carbocycles. The second kappa shape index (κ2) is 27.0. The first kappa shape index (κ1) is 43.5. The van der Waals surface area contributed by atoms with E-state index in [1.165, 1.54) is 20.8 Å². The topological polar surface area (TPSA) is 222 Å². The molecule has 0 aliphatic heterocycles. The van der Waals surface area contributed by atoms with Crippen LogP contribution in [0.4, 0.5) is 0 Å². The molecule has 0 bridgehead atoms. The molecule has 0 aromatic rings. The Labute approximate surface area is 213 Å². The van der Waals surface area contributed by atoms with Crippen LogP contribution in [-0.4, -0.2) is 104 Å². The lowest BCUT2D eigenvalue weighted by atomic mass is 9.88. The molecule has 0 spiro atoms. The molecule has 2 unspecified atom stereocenters. The van der Waals surface area contributed by atoms with Gasteiger partial charge < -0.3 is 45.6 Å². The quantitative estimate of drug-likeness (QED) is 0.177. The van der Waals surface area contributed by atoms with Crippen LogP contribution in [0.25, 0.3) is 0 Å². The normalized spacial score (nSPS) is 11.1. The molecule has 8 N–H and O–H groups in total. The van der Waals surface area contributed by atoms with Gasteiger partial charge in [0.25, 0.3) is 0 Å². The second-order valence-corrected chi connectivity index (χ2v) is 7.76. The third-order valence-electron chi connectivity index (χ3n) is 3.73. The zero-order valence-electron chi connectivity index (χ0n) is 22.2. The number of aliphatic hydroxyl groups excluding tert-OH is 5. The molecule has 36 heavy (non-hydrogen) atoms. The molecule has 0 fully saturated rings. The van der Waals surface area contributed by atoms with E-state index in [2.05, 4.69) is 19.7 Å². The highest BCUT2D eigenvalue weighted by Crippen LogP contribution is 2.18. The summed E-state index contributed by atoms with van der Waals surface area (Å²) >= 11 is 0. The molecule has 0 saturated heterocycles. The standard InChI is InChI=1S/2C6H14O3.3C4H6O2/c1-5(8)4-9-6(2)3-7;1-2-6(3-7,4-8)5-9;3*1-3(2)4(5)6/h5-8H,3-4H2,1-2H3;7-9H,2-5H2,1H3;3*1H2,2H3,(H,5,6). The lowest BCUT2D eigenvalue weighted by Crippen LogP contribution is -2.32. The van der Waals surface area contributed by atoms with Crippen molar-refractivity contribution in [1.82, 2.24) is 0 Å². The zero-order valence-corrected chi connectivity index (χ0v) is 22.2. The molecule has 0 radical (unpaired) electrons. The van der Waals surface area contributed by atoms with Crippen molar-refractivity contribution in [3.8, 4) is 0 Å². The van der Waals surface area contributed by atoms with Crippen LogP contribution in [0.2, 0.25) is 0 Å². The average Bonchev–Trinajstić information content (AvgIpc) is 2.80. The summed E-state index contributed by atoms with van der Waals surface area (Å²) in [6, 6.07) is 0. The van der Waals surface area contributed by atoms with Crippen molar-refractivity contribution in [2.45, 2.75) is 60.2 Å². The summed E-state index contributed by atoms with van der Waals surface area (Å²) in [5, 5.41) is 66.8. The summed E-state index contributed by atoms with van der Waals surface area (Å²) in [5.41, 5.74) is -0.139. The smallest absolute Gasteiger partial charge is 0.330 e. The fraction of sp³-hybridized carbons (Fsp3) is 0.625. The summed E-state index contributed by atoms with van der Waals surface area (Å²) < 4.78 is 4.95. The molecule has 0 aliphatic rings. The van der Waals surface area contributed by atoms with Crippen LogP contribution in [0.15, 0.2) is 36.5 Å². The number of aliphatic hydroxyl groups is 5. The predicted octanol–water partition coefficient (Wildman–Crippen LogP) is 1.07. The average molecular weight is 527 g/mol. The Morgan fingerprint density at radius 3 is 1.08 bits per heavy atom. The van der Waals surface area contributed by atoms with Crippen molar-refractivity contribution >= 4 is 17.9 Å². The van der Waals surface area contributed by atoms with Gasteiger partial charge in [0, 0.05) is 22.1 Å². The first-order valence-electron chi connectivity index (χ1n) is 10.7. The molecule has 0 saturated carbocycles. The number of carboxylic acid groups (broad SMARTS) is 3. The maximum absolute atomic E-state index is 9.60. The minimum atomic E-state index is -0.935. The maximum Gasteiger partial charge on any atom is 0.330 e. The van der Waals surface area contributed by atoms with E-state index in [0.717, 1.165) is 0 Å². The Balaban J connectivity index is -0.000000113. The number of rotatable bonds is 11. The molecular weight excluding hydrogens is 480 g/mol. The Kier molecular flexibility index (Phi) is 32.6. The van der Waals surface area contributed by atoms with E-state index in [1.54, 1.807) is 13.8 Å². The van der Waals surface area contributed by atoms with Crippen molar-refractivity contribution in [2.75, 3.05) is 33.0 Å². The monoisotopic (exact) mass is 526 g/mol. The molecule has 0 aromatic heterocycles. The van der Waals surface area contributed by atoms with Crippen molar-refractivity contribution in [3.63, 3.8) is 0 Å². The third kappa shape index (κ3) is 36.0. The highest BCUT2D eigenvalue weighted by molar-refractivity contribution is 5.85. The van der Waals surface area contributed by atoms with Gasteiger partial charge in [0.15, 0.2) is 0 Å². The van der Waals surface area contributed by atoms with Gasteiger partial charge in [-0.3, -0.25) is 0 Å². The number of hydrogen-bond donors (Lipinski definition) is 8. The highest BCUT2D eigenvalue weighted by atomic mass is 16.5. The van der Waals surface area contributed by atoms with E-state index in [0.29, 0.717) is 13.0 Å². The van der Waals surface area contributed by atoms with E-state index in [9.17, 15) is 14.4 Å². The first-order chi connectivity index (χ1) is 16.3. The van der Waals surface area contributed by atoms with Crippen LogP contribution in [0.1, 0.15) is 48.0 Å². The minimum Gasteiger partial charge on any atom is -0.478 e. The van der Waals surface area contributed by atoms with Crippen LogP contribution in [0.5, 0.6) is 0 Å². The van der Waals surface area contributed by atoms with Gasteiger partial charge in [0.2, 0.25) is 0 Å². The van der Waals surface area contributed by atoms with E-state index in [1.807, 2.05) is 6.92 Å². The van der Waals surface area contributed by atoms with Crippen molar-refractivity contribution < 1.29 is 60.0 Å². The third-order valence-corrected chi connectivity index (χ3v) is 3.73. The number of carbonyl (C=O) groups is 3. The van der Waals surface area contributed by atoms with Gasteiger partial charge in [-0.15, -0.1) is 0 Å². The molecule has 2 atom stereocenters. The fourth-order valence-electron chi connectivity index (χ4n) is 0.842. The van der Waals surface area contributed by atoms with Gasteiger partial charge in [0.05, 0.1) is 45.2 Å². The molecule has 0 aliphatic carbocycles. The first-order valence-corrected chi connectivity index (χ1v) is 10.7. The van der Waals surface area contributed by atoms with Crippen LogP contribution >= 0.6 is 0 Å². The largest absolute Gasteiger partial charge is 0.478 e. The molecule has 0 rings (SSSR count). The second-order valence-electron chi connectivity index (χ2n) is 7.76. The molecular formula is C24H46O12. The lowest BCUT2D eigenvalue weighted by Gasteiger charge is -2.24. The zero-order chi connectivity index (χ0) is 30.1. The Morgan fingerprint density at radius 2 is 1.00 bits per heavy atom. The van der Waals surface area contributed by atoms with Gasteiger partial charge in [0.1, 0.15) is 0 Å². The van der Waals surface area contributed by atoms with E-state index in [4.69, 9.17) is 45.6 Å². The molecule has 12 heteroatoms. The lowest BCUT2D eigenvalue weighted by molar-refractivity contribution is -0.133. The Bertz CT molecular complexity index is 526. The van der Waals surface area contributed by atoms with Gasteiger partial charge in [-0.1, -0.05) is 26.7 Å². The summed E-state index contributed by atoms with van der Waals surface area (Å²) in [7, 11) is 0. The van der Waals surface area contributed by atoms with Gasteiger partial charge >= 0.3 is 17.9 Å². The van der Waals surface area contributed by atoms with Gasteiger partial charge in [-0.2, -0.15) is 0 Å². The highest BCUT2D eigenvalue weighted by Gasteiger charge is 2.24. The number of ether oxygens (including phenoxy) is 1. The van der Waals surface area contributed by atoms with Gasteiger partial charge in [-0.05, 0) is 41.0 Å². The molecule has 0 amide bonds. The fourth-order valence-corrected chi connectivity index (χ4v) is 0.842. The van der Waals surface area contributed by atoms with Crippen molar-refractivity contribution in [2.24, 2.45) is 5.41 Å². The number of aliphatic carboxylic acids is 3. The van der Waals surface area contributed by atoms with E-state index in [-0.39, 0.29) is 49.3 Å². The SMILES string of the molecule is C=C(C)C(=O)O.C=C(C)C(=O)O.C=C(C)C(=O)O.CC(O)COC(C)CO.CCC(CO)(CO)CO. The number of carboxylic acids is 3. The van der Waals surface area contributed by atoms with Crippen molar-refractivity contribution in [3.05, 3.63) is 36.5 Å². The summed E-state index contributed by atoms with van der Waals surface area (Å²) in [4.78, 5) is 28.8. The summed E-state index contributed by atoms with van der Waals surface area (Å²) in [6.07, 6.45) is -0.0187. The number of hydrogen-bond acceptors (Lipinski definition) is 9. The summed E-state index contributed by atoms with van der Waals surface area (Å²) in [6.45, 7) is 18.9. The molecule has 12 nitrogen and oxygen atoms in total. The van der Waals surface area contributed by atoms with Crippen LogP contribution in [0, 0.1) is 5.41 Å². The molecule has 214 valence electrons. The van der Waals surface area contributed by atoms with Crippen LogP contribution in [-0.2, 0) is 19.1 Å². The van der Waals surface area contributed by atoms with Crippen molar-refractivity contribution in [1.29, 1.82) is 0 Å². The minimum absolute atomic E-state index is 0.00667. The Morgan fingerprint density at radius 1 is 0.750 bits per heavy atom. The van der Waals surface area contributed by atoms with Crippen LogP contribution < -0.4 is 0 Å². The van der Waals surface area contributed by atoms with E-state index < -0.39 is 29.4 Å². The molecule has 0 heterocycles. The van der Waals surface area contributed by atoms with Gasteiger partial charge in [-0.25, -0.2) is 14.4 Å². The maximum atomic E-state index is 9.60. The van der Waals surface area contributed by atoms with Crippen LogP contribution in [0.3, 0.4) is 0 Å². The summed E-state index contributed by atoms with van der Waals surface area (Å²) in [5.74, 6) is -2.81. The van der Waals surface area contributed by atoms with E-state index >= 15 is 0 Å². The Hall–Kier alpha value is -2.61. The predicted molar refractivity (Wildman–Crippen MR) is 136 cm³/mol.